The Bertz CT molecular complexity index is 514. The first kappa shape index (κ1) is 15.6. The van der Waals surface area contributed by atoms with Crippen molar-refractivity contribution in [3.8, 4) is 0 Å². The lowest BCUT2D eigenvalue weighted by atomic mass is 10.1. The Balaban J connectivity index is 1.91. The van der Waals surface area contributed by atoms with E-state index in [1.54, 1.807) is 5.06 Å². The van der Waals surface area contributed by atoms with Gasteiger partial charge in [0.25, 0.3) is 0 Å². The molecular formula is C13H16F3N3O2. The maximum atomic E-state index is 12.5. The van der Waals surface area contributed by atoms with Crippen molar-refractivity contribution >= 4 is 17.3 Å². The van der Waals surface area contributed by atoms with E-state index in [0.29, 0.717) is 13.2 Å². The smallest absolute Gasteiger partial charge is 0.397 e. The van der Waals surface area contributed by atoms with Crippen LogP contribution in [0.15, 0.2) is 18.2 Å². The SMILES string of the molecule is Nc1cc(C(F)(F)F)ccc1NC(=O)CCN1CCCO1. The highest BCUT2D eigenvalue weighted by atomic mass is 19.4. The third-order valence-corrected chi connectivity index (χ3v) is 3.07. The van der Waals surface area contributed by atoms with Gasteiger partial charge in [-0.25, -0.2) is 0 Å². The normalized spacial score (nSPS) is 16.1. The molecule has 0 saturated carbocycles. The maximum absolute atomic E-state index is 12.5. The summed E-state index contributed by atoms with van der Waals surface area (Å²) in [6.45, 7) is 1.86. The molecule has 0 atom stereocenters. The summed E-state index contributed by atoms with van der Waals surface area (Å²) in [4.78, 5) is 17.0. The number of hydroxylamine groups is 2. The Morgan fingerprint density at radius 3 is 2.76 bits per heavy atom. The van der Waals surface area contributed by atoms with Crippen LogP contribution in [0, 0.1) is 0 Å². The lowest BCUT2D eigenvalue weighted by Crippen LogP contribution is -2.24. The third kappa shape index (κ3) is 4.33. The molecule has 1 aliphatic rings. The van der Waals surface area contributed by atoms with Gasteiger partial charge in [-0.05, 0) is 24.6 Å². The zero-order valence-corrected chi connectivity index (χ0v) is 11.2. The van der Waals surface area contributed by atoms with Crippen molar-refractivity contribution in [2.75, 3.05) is 30.7 Å². The average Bonchev–Trinajstić information content (AvgIpc) is 2.91. The summed E-state index contributed by atoms with van der Waals surface area (Å²) < 4.78 is 37.5. The zero-order chi connectivity index (χ0) is 15.5. The Morgan fingerprint density at radius 2 is 2.19 bits per heavy atom. The van der Waals surface area contributed by atoms with Crippen LogP contribution in [0.3, 0.4) is 0 Å². The number of carbonyl (C=O) groups is 1. The number of carbonyl (C=O) groups excluding carboxylic acids is 1. The molecule has 1 saturated heterocycles. The molecule has 0 aromatic heterocycles. The van der Waals surface area contributed by atoms with E-state index in [0.717, 1.165) is 31.2 Å². The maximum Gasteiger partial charge on any atom is 0.416 e. The lowest BCUT2D eigenvalue weighted by molar-refractivity contribution is -0.137. The van der Waals surface area contributed by atoms with Gasteiger partial charge in [0.1, 0.15) is 0 Å². The van der Waals surface area contributed by atoms with Crippen LogP contribution in [0.25, 0.3) is 0 Å². The molecule has 5 nitrogen and oxygen atoms in total. The minimum atomic E-state index is -4.45. The van der Waals surface area contributed by atoms with E-state index in [2.05, 4.69) is 5.32 Å². The molecule has 1 amide bonds. The number of nitrogens with one attached hydrogen (secondary N) is 1. The summed E-state index contributed by atoms with van der Waals surface area (Å²) in [5.74, 6) is -0.322. The van der Waals surface area contributed by atoms with Gasteiger partial charge in [-0.2, -0.15) is 18.2 Å². The summed E-state index contributed by atoms with van der Waals surface area (Å²) in [6.07, 6.45) is -3.35. The van der Waals surface area contributed by atoms with E-state index in [1.807, 2.05) is 0 Å². The minimum absolute atomic E-state index is 0.115. The molecule has 1 heterocycles. The predicted molar refractivity (Wildman–Crippen MR) is 71.2 cm³/mol. The summed E-state index contributed by atoms with van der Waals surface area (Å²) in [7, 11) is 0. The van der Waals surface area contributed by atoms with Crippen molar-refractivity contribution in [2.45, 2.75) is 19.0 Å². The highest BCUT2D eigenvalue weighted by Crippen LogP contribution is 2.32. The van der Waals surface area contributed by atoms with E-state index >= 15 is 0 Å². The van der Waals surface area contributed by atoms with Crippen LogP contribution in [0.4, 0.5) is 24.5 Å². The van der Waals surface area contributed by atoms with Crippen molar-refractivity contribution in [3.63, 3.8) is 0 Å². The quantitative estimate of drug-likeness (QED) is 0.837. The zero-order valence-electron chi connectivity index (χ0n) is 11.2. The molecule has 3 N–H and O–H groups in total. The van der Waals surface area contributed by atoms with E-state index < -0.39 is 11.7 Å². The number of nitrogens with zero attached hydrogens (tertiary/aromatic N) is 1. The fourth-order valence-corrected chi connectivity index (χ4v) is 1.97. The largest absolute Gasteiger partial charge is 0.416 e. The van der Waals surface area contributed by atoms with Crippen LogP contribution in [0.2, 0.25) is 0 Å². The van der Waals surface area contributed by atoms with Gasteiger partial charge in [-0.15, -0.1) is 0 Å². The number of hydrogen-bond donors (Lipinski definition) is 2. The molecule has 8 heteroatoms. The van der Waals surface area contributed by atoms with E-state index in [1.165, 1.54) is 0 Å². The highest BCUT2D eigenvalue weighted by Gasteiger charge is 2.30. The standard InChI is InChI=1S/C13H16F3N3O2/c14-13(15,16)9-2-3-11(10(17)8-9)18-12(20)4-6-19-5-1-7-21-19/h2-3,8H,1,4-7,17H2,(H,18,20). The Hall–Kier alpha value is -1.80. The lowest BCUT2D eigenvalue weighted by Gasteiger charge is -2.14. The van der Waals surface area contributed by atoms with E-state index in [-0.39, 0.29) is 23.7 Å². The van der Waals surface area contributed by atoms with Gasteiger partial charge < -0.3 is 11.1 Å². The highest BCUT2D eigenvalue weighted by molar-refractivity contribution is 5.94. The molecule has 0 unspecified atom stereocenters. The second-order valence-electron chi connectivity index (χ2n) is 4.71. The molecule has 0 radical (unpaired) electrons. The Labute approximate surface area is 119 Å². The molecule has 1 fully saturated rings. The molecule has 116 valence electrons. The van der Waals surface area contributed by atoms with Gasteiger partial charge in [0.15, 0.2) is 0 Å². The Morgan fingerprint density at radius 1 is 1.43 bits per heavy atom. The van der Waals surface area contributed by atoms with Gasteiger partial charge in [-0.1, -0.05) is 0 Å². The molecule has 1 aromatic rings. The van der Waals surface area contributed by atoms with Gasteiger partial charge in [0, 0.05) is 19.5 Å². The van der Waals surface area contributed by atoms with Crippen LogP contribution in [0.1, 0.15) is 18.4 Å². The average molecular weight is 303 g/mol. The van der Waals surface area contributed by atoms with Crippen LogP contribution >= 0.6 is 0 Å². The number of rotatable bonds is 4. The summed E-state index contributed by atoms with van der Waals surface area (Å²) in [5.41, 5.74) is 4.75. The van der Waals surface area contributed by atoms with Gasteiger partial charge in [0.2, 0.25) is 5.91 Å². The fraction of sp³-hybridized carbons (Fsp3) is 0.462. The fourth-order valence-electron chi connectivity index (χ4n) is 1.97. The van der Waals surface area contributed by atoms with Gasteiger partial charge >= 0.3 is 6.18 Å². The van der Waals surface area contributed by atoms with Crippen molar-refractivity contribution in [1.82, 2.24) is 5.06 Å². The number of amides is 1. The molecule has 0 aliphatic carbocycles. The number of nitrogen functional groups attached to an aromatic ring is 1. The number of benzene rings is 1. The van der Waals surface area contributed by atoms with Crippen LogP contribution in [-0.4, -0.2) is 30.7 Å². The summed E-state index contributed by atoms with van der Waals surface area (Å²) in [6, 6.07) is 2.84. The second-order valence-corrected chi connectivity index (χ2v) is 4.71. The summed E-state index contributed by atoms with van der Waals surface area (Å²) >= 11 is 0. The molecule has 1 aliphatic heterocycles. The van der Waals surface area contributed by atoms with Crippen molar-refractivity contribution in [3.05, 3.63) is 23.8 Å². The van der Waals surface area contributed by atoms with Gasteiger partial charge in [-0.3, -0.25) is 9.63 Å². The van der Waals surface area contributed by atoms with Gasteiger partial charge in [0.05, 0.1) is 23.5 Å². The first-order chi connectivity index (χ1) is 9.86. The minimum Gasteiger partial charge on any atom is -0.397 e. The van der Waals surface area contributed by atoms with Crippen LogP contribution in [-0.2, 0) is 15.8 Å². The molecule has 2 rings (SSSR count). The molecule has 21 heavy (non-hydrogen) atoms. The van der Waals surface area contributed by atoms with Crippen molar-refractivity contribution < 1.29 is 22.8 Å². The van der Waals surface area contributed by atoms with E-state index in [4.69, 9.17) is 10.6 Å². The van der Waals surface area contributed by atoms with Crippen LogP contribution < -0.4 is 11.1 Å². The summed E-state index contributed by atoms with van der Waals surface area (Å²) in [5, 5.41) is 4.19. The number of nitrogens with two attached hydrogens (primary N) is 1. The van der Waals surface area contributed by atoms with Crippen LogP contribution in [0.5, 0.6) is 0 Å². The molecule has 0 spiro atoms. The number of anilines is 2. The predicted octanol–water partition coefficient (Wildman–Crippen LogP) is 2.25. The number of halogens is 3. The first-order valence-electron chi connectivity index (χ1n) is 6.51. The number of hydrogen-bond acceptors (Lipinski definition) is 4. The molecular weight excluding hydrogens is 287 g/mol. The monoisotopic (exact) mass is 303 g/mol. The molecule has 1 aromatic carbocycles. The van der Waals surface area contributed by atoms with E-state index in [9.17, 15) is 18.0 Å². The Kier molecular flexibility index (Phi) is 4.69. The second kappa shape index (κ2) is 6.31. The number of alkyl halides is 3. The van der Waals surface area contributed by atoms with Crippen molar-refractivity contribution in [2.24, 2.45) is 0 Å². The molecule has 0 bridgehead atoms. The first-order valence-corrected chi connectivity index (χ1v) is 6.51. The third-order valence-electron chi connectivity index (χ3n) is 3.07. The topological polar surface area (TPSA) is 67.6 Å². The van der Waals surface area contributed by atoms with Crippen molar-refractivity contribution in [1.29, 1.82) is 0 Å².